The van der Waals surface area contributed by atoms with Gasteiger partial charge in [0.15, 0.2) is 0 Å². The van der Waals surface area contributed by atoms with Gasteiger partial charge in [0.05, 0.1) is 5.56 Å². The Morgan fingerprint density at radius 2 is 1.88 bits per heavy atom. The molecule has 0 unspecified atom stereocenters. The van der Waals surface area contributed by atoms with Gasteiger partial charge in [-0.2, -0.15) is 0 Å². The zero-order chi connectivity index (χ0) is 18.6. The van der Waals surface area contributed by atoms with Crippen LogP contribution in [0.4, 0.5) is 4.39 Å². The highest BCUT2D eigenvalue weighted by Gasteiger charge is 2.31. The predicted molar refractivity (Wildman–Crippen MR) is 95.7 cm³/mol. The van der Waals surface area contributed by atoms with Gasteiger partial charge in [-0.1, -0.05) is 26.0 Å². The molecule has 1 aliphatic carbocycles. The Morgan fingerprint density at radius 3 is 2.44 bits per heavy atom. The maximum atomic E-state index is 13.8. The molecule has 2 amide bonds. The van der Waals surface area contributed by atoms with Gasteiger partial charge in [-0.05, 0) is 51.4 Å². The number of benzene rings is 1. The van der Waals surface area contributed by atoms with Gasteiger partial charge >= 0.3 is 0 Å². The number of carbonyl (C=O) groups is 2. The molecule has 138 valence electrons. The SMILES string of the molecule is CC(C)[C@H](NC(=O)c1ccccc1F)C(=O)N[C@H]1CC[C@H](N(C)C)C1. The Labute approximate surface area is 149 Å². The highest BCUT2D eigenvalue weighted by Crippen LogP contribution is 2.22. The highest BCUT2D eigenvalue weighted by atomic mass is 19.1. The number of rotatable bonds is 6. The molecule has 0 spiro atoms. The zero-order valence-electron chi connectivity index (χ0n) is 15.4. The summed E-state index contributed by atoms with van der Waals surface area (Å²) in [4.78, 5) is 27.1. The summed E-state index contributed by atoms with van der Waals surface area (Å²) >= 11 is 0. The average Bonchev–Trinajstić information content (AvgIpc) is 3.01. The van der Waals surface area contributed by atoms with Crippen LogP contribution >= 0.6 is 0 Å². The van der Waals surface area contributed by atoms with Crippen LogP contribution in [0, 0.1) is 11.7 Å². The topological polar surface area (TPSA) is 61.4 Å². The molecule has 1 aromatic rings. The van der Waals surface area contributed by atoms with E-state index in [4.69, 9.17) is 0 Å². The van der Waals surface area contributed by atoms with Gasteiger partial charge in [0.25, 0.3) is 5.91 Å². The lowest BCUT2D eigenvalue weighted by atomic mass is 10.0. The molecule has 3 atom stereocenters. The first-order valence-corrected chi connectivity index (χ1v) is 8.81. The summed E-state index contributed by atoms with van der Waals surface area (Å²) in [6, 6.07) is 5.67. The first-order chi connectivity index (χ1) is 11.8. The van der Waals surface area contributed by atoms with Crippen LogP contribution in [0.25, 0.3) is 0 Å². The van der Waals surface area contributed by atoms with Gasteiger partial charge in [0.1, 0.15) is 11.9 Å². The second-order valence-corrected chi connectivity index (χ2v) is 7.31. The maximum Gasteiger partial charge on any atom is 0.254 e. The van der Waals surface area contributed by atoms with Gasteiger partial charge < -0.3 is 15.5 Å². The van der Waals surface area contributed by atoms with E-state index < -0.39 is 17.8 Å². The molecular weight excluding hydrogens is 321 g/mol. The Kier molecular flexibility index (Phi) is 6.53. The Hall–Kier alpha value is -1.95. The van der Waals surface area contributed by atoms with Crippen molar-refractivity contribution in [2.24, 2.45) is 5.92 Å². The molecule has 6 heteroatoms. The van der Waals surface area contributed by atoms with Crippen molar-refractivity contribution in [2.45, 2.75) is 51.2 Å². The molecule has 0 saturated heterocycles. The van der Waals surface area contributed by atoms with E-state index in [0.717, 1.165) is 19.3 Å². The van der Waals surface area contributed by atoms with E-state index in [1.807, 2.05) is 27.9 Å². The minimum atomic E-state index is -0.689. The van der Waals surface area contributed by atoms with Crippen molar-refractivity contribution in [3.05, 3.63) is 35.6 Å². The molecule has 0 heterocycles. The lowest BCUT2D eigenvalue weighted by Gasteiger charge is -2.24. The molecule has 5 nitrogen and oxygen atoms in total. The molecule has 1 saturated carbocycles. The van der Waals surface area contributed by atoms with Crippen molar-refractivity contribution in [2.75, 3.05) is 14.1 Å². The molecule has 1 aromatic carbocycles. The Balaban J connectivity index is 1.99. The number of hydrogen-bond donors (Lipinski definition) is 2. The molecule has 0 aromatic heterocycles. The van der Waals surface area contributed by atoms with E-state index in [1.54, 1.807) is 6.07 Å². The minimum Gasteiger partial charge on any atom is -0.352 e. The average molecular weight is 349 g/mol. The number of amides is 2. The predicted octanol–water partition coefficient (Wildman–Crippen LogP) is 2.18. The van der Waals surface area contributed by atoms with E-state index in [-0.39, 0.29) is 23.4 Å². The third-order valence-corrected chi connectivity index (χ3v) is 4.84. The van der Waals surface area contributed by atoms with E-state index in [2.05, 4.69) is 15.5 Å². The number of carbonyl (C=O) groups excluding carboxylic acids is 2. The number of nitrogens with one attached hydrogen (secondary N) is 2. The Morgan fingerprint density at radius 1 is 1.20 bits per heavy atom. The van der Waals surface area contributed by atoms with Crippen molar-refractivity contribution in [1.29, 1.82) is 0 Å². The smallest absolute Gasteiger partial charge is 0.254 e. The second kappa shape index (κ2) is 8.43. The first-order valence-electron chi connectivity index (χ1n) is 8.81. The summed E-state index contributed by atoms with van der Waals surface area (Å²) < 4.78 is 13.8. The van der Waals surface area contributed by atoms with Crippen molar-refractivity contribution < 1.29 is 14.0 Å². The number of halogens is 1. The standard InChI is InChI=1S/C19H28FN3O2/c1-12(2)17(22-18(24)15-7-5-6-8-16(15)20)19(25)21-13-9-10-14(11-13)23(3)4/h5-8,12-14,17H,9-11H2,1-4H3,(H,21,25)(H,22,24)/t13-,14-,17-/m0/s1. The molecule has 1 aliphatic rings. The summed E-state index contributed by atoms with van der Waals surface area (Å²) in [5.74, 6) is -1.46. The molecule has 25 heavy (non-hydrogen) atoms. The fourth-order valence-corrected chi connectivity index (χ4v) is 3.25. The molecule has 0 aliphatic heterocycles. The van der Waals surface area contributed by atoms with Crippen LogP contribution < -0.4 is 10.6 Å². The fourth-order valence-electron chi connectivity index (χ4n) is 3.25. The van der Waals surface area contributed by atoms with E-state index in [9.17, 15) is 14.0 Å². The Bertz CT molecular complexity index is 618. The maximum absolute atomic E-state index is 13.8. The summed E-state index contributed by atoms with van der Waals surface area (Å²) in [5.41, 5.74) is -0.0468. The normalized spacial score (nSPS) is 21.4. The van der Waals surface area contributed by atoms with Crippen LogP contribution in [0.5, 0.6) is 0 Å². The lowest BCUT2D eigenvalue weighted by Crippen LogP contribution is -2.52. The largest absolute Gasteiger partial charge is 0.352 e. The van der Waals surface area contributed by atoms with Crippen LogP contribution in [0.1, 0.15) is 43.5 Å². The van der Waals surface area contributed by atoms with E-state index in [1.165, 1.54) is 18.2 Å². The third-order valence-electron chi connectivity index (χ3n) is 4.84. The van der Waals surface area contributed by atoms with Gasteiger partial charge in [0, 0.05) is 12.1 Å². The monoisotopic (exact) mass is 349 g/mol. The van der Waals surface area contributed by atoms with Crippen LogP contribution in [0.2, 0.25) is 0 Å². The summed E-state index contributed by atoms with van der Waals surface area (Å²) in [6.07, 6.45) is 2.89. The van der Waals surface area contributed by atoms with Crippen LogP contribution in [0.3, 0.4) is 0 Å². The first kappa shape index (κ1) is 19.4. The lowest BCUT2D eigenvalue weighted by molar-refractivity contribution is -0.124. The molecule has 2 rings (SSSR count). The van der Waals surface area contributed by atoms with Gasteiger partial charge in [-0.15, -0.1) is 0 Å². The summed E-state index contributed by atoms with van der Waals surface area (Å²) in [6.45, 7) is 3.73. The van der Waals surface area contributed by atoms with Crippen LogP contribution in [0.15, 0.2) is 24.3 Å². The van der Waals surface area contributed by atoms with Crippen molar-refractivity contribution in [3.8, 4) is 0 Å². The van der Waals surface area contributed by atoms with Crippen LogP contribution in [-0.2, 0) is 4.79 Å². The molecular formula is C19H28FN3O2. The van der Waals surface area contributed by atoms with Crippen molar-refractivity contribution in [1.82, 2.24) is 15.5 Å². The fraction of sp³-hybridized carbons (Fsp3) is 0.579. The molecule has 0 bridgehead atoms. The second-order valence-electron chi connectivity index (χ2n) is 7.31. The molecule has 0 radical (unpaired) electrons. The zero-order valence-corrected chi connectivity index (χ0v) is 15.4. The van der Waals surface area contributed by atoms with Gasteiger partial charge in [-0.3, -0.25) is 9.59 Å². The minimum absolute atomic E-state index is 0.0468. The van der Waals surface area contributed by atoms with Crippen molar-refractivity contribution >= 4 is 11.8 Å². The molecule has 2 N–H and O–H groups in total. The van der Waals surface area contributed by atoms with E-state index in [0.29, 0.717) is 6.04 Å². The number of nitrogens with zero attached hydrogens (tertiary/aromatic N) is 1. The van der Waals surface area contributed by atoms with E-state index >= 15 is 0 Å². The van der Waals surface area contributed by atoms with Crippen molar-refractivity contribution in [3.63, 3.8) is 0 Å². The third kappa shape index (κ3) is 5.01. The quantitative estimate of drug-likeness (QED) is 0.827. The summed E-state index contributed by atoms with van der Waals surface area (Å²) in [7, 11) is 4.08. The number of hydrogen-bond acceptors (Lipinski definition) is 3. The van der Waals surface area contributed by atoms with Gasteiger partial charge in [0.2, 0.25) is 5.91 Å². The highest BCUT2D eigenvalue weighted by molar-refractivity contribution is 5.97. The molecule has 1 fully saturated rings. The summed E-state index contributed by atoms with van der Waals surface area (Å²) in [5, 5.41) is 5.72. The van der Waals surface area contributed by atoms with Gasteiger partial charge in [-0.25, -0.2) is 4.39 Å². The van der Waals surface area contributed by atoms with Crippen LogP contribution in [-0.4, -0.2) is 48.9 Å².